The van der Waals surface area contributed by atoms with E-state index in [1.54, 1.807) is 0 Å². The van der Waals surface area contributed by atoms with Crippen LogP contribution in [0.2, 0.25) is 0 Å². The van der Waals surface area contributed by atoms with Gasteiger partial charge in [-0.25, -0.2) is 0 Å². The third-order valence-electron chi connectivity index (χ3n) is 7.99. The number of nitrogens with zero attached hydrogens (tertiary/aromatic N) is 1. The summed E-state index contributed by atoms with van der Waals surface area (Å²) in [5.41, 5.74) is 8.45. The van der Waals surface area contributed by atoms with E-state index in [4.69, 9.17) is 4.42 Å². The molecule has 2 aromatic heterocycles. The van der Waals surface area contributed by atoms with Crippen LogP contribution in [0.4, 0.5) is 0 Å². The van der Waals surface area contributed by atoms with Crippen molar-refractivity contribution in [2.24, 2.45) is 5.92 Å². The average Bonchev–Trinajstić information content (AvgIpc) is 3.49. The smallest absolute Gasteiger partial charge is 0.145 e. The van der Waals surface area contributed by atoms with Gasteiger partial charge >= 0.3 is 0 Å². The molecule has 2 heterocycles. The van der Waals surface area contributed by atoms with Gasteiger partial charge in [0.2, 0.25) is 0 Å². The molecule has 2 heteroatoms. The Bertz CT molecular complexity index is 1830. The van der Waals surface area contributed by atoms with Gasteiger partial charge in [-0.15, -0.1) is 0 Å². The van der Waals surface area contributed by atoms with Gasteiger partial charge in [0, 0.05) is 33.9 Å². The van der Waals surface area contributed by atoms with Gasteiger partial charge in [0.15, 0.2) is 0 Å². The Labute approximate surface area is 209 Å². The van der Waals surface area contributed by atoms with Gasteiger partial charge in [-0.1, -0.05) is 78.9 Å². The summed E-state index contributed by atoms with van der Waals surface area (Å²) in [6.07, 6.45) is 22.4. The minimum atomic E-state index is 0.331. The van der Waals surface area contributed by atoms with E-state index in [0.29, 0.717) is 11.8 Å². The van der Waals surface area contributed by atoms with Gasteiger partial charge in [-0.2, -0.15) is 0 Å². The molecule has 172 valence electrons. The Morgan fingerprint density at radius 2 is 1.64 bits per heavy atom. The van der Waals surface area contributed by atoms with E-state index in [2.05, 4.69) is 120 Å². The fourth-order valence-corrected chi connectivity index (χ4v) is 6.32. The molecule has 2 nitrogen and oxygen atoms in total. The molecule has 0 spiro atoms. The largest absolute Gasteiger partial charge is 0.456 e. The third-order valence-corrected chi connectivity index (χ3v) is 7.99. The highest BCUT2D eigenvalue weighted by Gasteiger charge is 2.30. The first-order valence-corrected chi connectivity index (χ1v) is 12.9. The monoisotopic (exact) mass is 463 g/mol. The second kappa shape index (κ2) is 7.60. The summed E-state index contributed by atoms with van der Waals surface area (Å²) in [6.45, 7) is 0. The summed E-state index contributed by atoms with van der Waals surface area (Å²) in [4.78, 5) is 0. The molecule has 0 radical (unpaired) electrons. The van der Waals surface area contributed by atoms with Crippen LogP contribution < -0.4 is 0 Å². The maximum atomic E-state index is 6.64. The molecule has 2 atom stereocenters. The minimum absolute atomic E-state index is 0.331. The molecule has 5 aromatic rings. The zero-order valence-electron chi connectivity index (χ0n) is 19.9. The predicted molar refractivity (Wildman–Crippen MR) is 150 cm³/mol. The molecule has 0 bridgehead atoms. The normalized spacial score (nSPS) is 20.3. The van der Waals surface area contributed by atoms with Gasteiger partial charge in [0.1, 0.15) is 11.3 Å². The second-order valence-corrected chi connectivity index (χ2v) is 9.99. The van der Waals surface area contributed by atoms with Gasteiger partial charge in [-0.3, -0.25) is 0 Å². The van der Waals surface area contributed by atoms with Crippen molar-refractivity contribution in [1.29, 1.82) is 0 Å². The predicted octanol–water partition coefficient (Wildman–Crippen LogP) is 9.12. The first-order valence-electron chi connectivity index (χ1n) is 12.9. The molecule has 36 heavy (non-hydrogen) atoms. The zero-order chi connectivity index (χ0) is 23.6. The van der Waals surface area contributed by atoms with Crippen molar-refractivity contribution in [2.75, 3.05) is 0 Å². The highest BCUT2D eigenvalue weighted by atomic mass is 16.3. The molecular formula is C34H25NO. The molecule has 8 rings (SSSR count). The van der Waals surface area contributed by atoms with Gasteiger partial charge in [-0.05, 0) is 60.4 Å². The van der Waals surface area contributed by atoms with Gasteiger partial charge in [0.05, 0.1) is 16.4 Å². The number of benzene rings is 3. The van der Waals surface area contributed by atoms with Crippen molar-refractivity contribution in [3.63, 3.8) is 0 Å². The quantitative estimate of drug-likeness (QED) is 0.255. The highest BCUT2D eigenvalue weighted by Crippen LogP contribution is 2.46. The first-order chi connectivity index (χ1) is 17.9. The number of rotatable bonds is 2. The Morgan fingerprint density at radius 1 is 0.750 bits per heavy atom. The van der Waals surface area contributed by atoms with Crippen LogP contribution in [-0.4, -0.2) is 4.57 Å². The maximum absolute atomic E-state index is 6.64. The number of hydrogen-bond donors (Lipinski definition) is 0. The van der Waals surface area contributed by atoms with Crippen molar-refractivity contribution in [1.82, 2.24) is 4.57 Å². The Kier molecular flexibility index (Phi) is 4.21. The first kappa shape index (κ1) is 19.9. The van der Waals surface area contributed by atoms with Crippen LogP contribution in [-0.2, 0) is 0 Å². The number of furan rings is 1. The van der Waals surface area contributed by atoms with E-state index in [9.17, 15) is 0 Å². The number of hydrogen-bond acceptors (Lipinski definition) is 1. The minimum Gasteiger partial charge on any atom is -0.456 e. The lowest BCUT2D eigenvalue weighted by atomic mass is 9.78. The molecule has 0 N–H and O–H groups in total. The van der Waals surface area contributed by atoms with E-state index in [0.717, 1.165) is 24.2 Å². The van der Waals surface area contributed by atoms with Crippen molar-refractivity contribution < 1.29 is 4.42 Å². The van der Waals surface area contributed by atoms with Crippen molar-refractivity contribution in [3.05, 3.63) is 126 Å². The van der Waals surface area contributed by atoms with Crippen LogP contribution in [0, 0.1) is 5.92 Å². The summed E-state index contributed by atoms with van der Waals surface area (Å²) in [5.74, 6) is 1.72. The lowest BCUT2D eigenvalue weighted by Gasteiger charge is -2.24. The van der Waals surface area contributed by atoms with Gasteiger partial charge < -0.3 is 8.98 Å². The van der Waals surface area contributed by atoms with Crippen molar-refractivity contribution >= 4 is 44.4 Å². The summed E-state index contributed by atoms with van der Waals surface area (Å²) < 4.78 is 9.01. The van der Waals surface area contributed by atoms with E-state index in [1.165, 1.54) is 49.6 Å². The molecule has 0 amide bonds. The van der Waals surface area contributed by atoms with Crippen LogP contribution in [0.15, 0.2) is 114 Å². The lowest BCUT2D eigenvalue weighted by molar-refractivity contribution is 0.580. The molecule has 3 aliphatic carbocycles. The van der Waals surface area contributed by atoms with Crippen LogP contribution in [0.3, 0.4) is 0 Å². The molecule has 3 aromatic carbocycles. The van der Waals surface area contributed by atoms with Crippen molar-refractivity contribution in [3.8, 4) is 5.69 Å². The molecule has 0 aliphatic heterocycles. The van der Waals surface area contributed by atoms with E-state index in [-0.39, 0.29) is 0 Å². The van der Waals surface area contributed by atoms with Crippen molar-refractivity contribution in [2.45, 2.75) is 18.8 Å². The summed E-state index contributed by atoms with van der Waals surface area (Å²) in [7, 11) is 0. The van der Waals surface area contributed by atoms with Crippen LogP contribution in [0.25, 0.3) is 50.1 Å². The number of aromatic nitrogens is 1. The standard InChI is InChI=1S/C34H25NO/c1-2-8-22(9-3-1)23-14-17-25(18-15-23)35-29-13-7-6-12-27(29)33-30(35)20-19-28-32-26-11-5-4-10-24(26)16-21-31(32)36-34(28)33/h2,4-21,24,26H,1,3H2. The van der Waals surface area contributed by atoms with E-state index < -0.39 is 0 Å². The average molecular weight is 464 g/mol. The number of para-hydroxylation sites is 1. The SMILES string of the molecule is C1=CC2C=Cc3oc4c(ccc5c4c4ccccc4n5-c4ccc(C5=CCCC=C5)cc4)c3C2C=C1. The zero-order valence-corrected chi connectivity index (χ0v) is 19.9. The van der Waals surface area contributed by atoms with E-state index >= 15 is 0 Å². The molecule has 3 aliphatic rings. The molecular weight excluding hydrogens is 438 g/mol. The molecule has 0 saturated heterocycles. The highest BCUT2D eigenvalue weighted by molar-refractivity contribution is 6.20. The second-order valence-electron chi connectivity index (χ2n) is 9.99. The Hall–Kier alpha value is -4.30. The topological polar surface area (TPSA) is 18.1 Å². The van der Waals surface area contributed by atoms with Crippen LogP contribution >= 0.6 is 0 Å². The molecule has 0 saturated carbocycles. The van der Waals surface area contributed by atoms with Gasteiger partial charge in [0.25, 0.3) is 0 Å². The Morgan fingerprint density at radius 3 is 2.53 bits per heavy atom. The summed E-state index contributed by atoms with van der Waals surface area (Å²) in [6, 6.07) is 22.2. The van der Waals surface area contributed by atoms with Crippen LogP contribution in [0.1, 0.15) is 35.6 Å². The van der Waals surface area contributed by atoms with Crippen LogP contribution in [0.5, 0.6) is 0 Å². The summed E-state index contributed by atoms with van der Waals surface area (Å²) in [5, 5.41) is 3.65. The molecule has 0 fully saturated rings. The fraction of sp³-hybridized carbons (Fsp3) is 0.118. The Balaban J connectivity index is 1.36. The third kappa shape index (κ3) is 2.79. The fourth-order valence-electron chi connectivity index (χ4n) is 6.32. The van der Waals surface area contributed by atoms with E-state index in [1.807, 2.05) is 0 Å². The number of fused-ring (bicyclic) bond motifs is 9. The summed E-state index contributed by atoms with van der Waals surface area (Å²) >= 11 is 0. The maximum Gasteiger partial charge on any atom is 0.145 e. The number of allylic oxidation sites excluding steroid dienone is 9. The lowest BCUT2D eigenvalue weighted by Crippen LogP contribution is -2.12. The molecule has 2 unspecified atom stereocenters.